The molecule has 43 heavy (non-hydrogen) atoms. The van der Waals surface area contributed by atoms with Gasteiger partial charge in [0.05, 0.1) is 15.8 Å². The number of anilines is 1. The van der Waals surface area contributed by atoms with Crippen LogP contribution in [0.2, 0.25) is 0 Å². The van der Waals surface area contributed by atoms with Crippen LogP contribution in [0.1, 0.15) is 41.6 Å². The van der Waals surface area contributed by atoms with E-state index in [-0.39, 0.29) is 17.9 Å². The minimum atomic E-state index is -0.845. The predicted molar refractivity (Wildman–Crippen MR) is 156 cm³/mol. The van der Waals surface area contributed by atoms with Gasteiger partial charge < -0.3 is 18.9 Å². The van der Waals surface area contributed by atoms with Gasteiger partial charge in [-0.3, -0.25) is 14.2 Å². The summed E-state index contributed by atoms with van der Waals surface area (Å²) in [4.78, 5) is 32.5. The van der Waals surface area contributed by atoms with E-state index in [1.807, 2.05) is 31.2 Å². The Morgan fingerprint density at radius 2 is 1.88 bits per heavy atom. The lowest BCUT2D eigenvalue weighted by Crippen LogP contribution is -2.40. The molecule has 0 aliphatic carbocycles. The number of halogens is 2. The van der Waals surface area contributed by atoms with Gasteiger partial charge in [0.1, 0.15) is 41.5 Å². The number of aromatic nitrogens is 1. The first-order chi connectivity index (χ1) is 20.7. The molecule has 1 N–H and O–H groups in total. The van der Waals surface area contributed by atoms with E-state index in [0.29, 0.717) is 49.3 Å². The maximum absolute atomic E-state index is 13.9. The second-order valence-corrected chi connectivity index (χ2v) is 11.0. The highest BCUT2D eigenvalue weighted by Crippen LogP contribution is 2.32. The van der Waals surface area contributed by atoms with Crippen molar-refractivity contribution in [3.63, 3.8) is 0 Å². The Hall–Kier alpha value is -5.03. The fourth-order valence-electron chi connectivity index (χ4n) is 4.80. The molecule has 0 bridgehead atoms. The summed E-state index contributed by atoms with van der Waals surface area (Å²) in [6, 6.07) is 16.4. The van der Waals surface area contributed by atoms with E-state index in [9.17, 15) is 18.4 Å². The third-order valence-corrected chi connectivity index (χ3v) is 7.89. The predicted octanol–water partition coefficient (Wildman–Crippen LogP) is 5.53. The molecule has 1 unspecified atom stereocenters. The zero-order valence-electron chi connectivity index (χ0n) is 23.3. The summed E-state index contributed by atoms with van der Waals surface area (Å²) in [5.41, 5.74) is 1.92. The number of amides is 1. The van der Waals surface area contributed by atoms with Crippen LogP contribution in [-0.4, -0.2) is 10.5 Å². The number of carbonyl (C=O) groups is 1. The van der Waals surface area contributed by atoms with Crippen molar-refractivity contribution in [1.82, 2.24) is 4.57 Å². The van der Waals surface area contributed by atoms with E-state index in [2.05, 4.69) is 10.3 Å². The lowest BCUT2D eigenvalue weighted by Gasteiger charge is -2.23. The van der Waals surface area contributed by atoms with Crippen LogP contribution in [0.3, 0.4) is 0 Å². The standard InChI is InChI=1S/C32H25F2N3O5S/c1-17-6-4-5-7-24(17)36-30(38)28-19(3)35-32-37(29(28)26-12-8-18(2)41-26)31(39)27(43-32)15-21-10-11-22(42-21)16-40-25-13-9-20(33)14-23(25)34/h4-15,29H,16H2,1-3H3,(H,36,38). The number of hydrogen-bond donors (Lipinski definition) is 1. The first-order valence-electron chi connectivity index (χ1n) is 13.3. The molecule has 1 aliphatic heterocycles. The summed E-state index contributed by atoms with van der Waals surface area (Å²) >= 11 is 1.15. The summed E-state index contributed by atoms with van der Waals surface area (Å²) in [5.74, 6) is -0.229. The number of thiazole rings is 1. The summed E-state index contributed by atoms with van der Waals surface area (Å²) in [6.45, 7) is 5.31. The number of hydrogen-bond acceptors (Lipinski definition) is 7. The quantitative estimate of drug-likeness (QED) is 0.264. The van der Waals surface area contributed by atoms with Crippen LogP contribution in [-0.2, 0) is 11.4 Å². The number of nitrogens with zero attached hydrogens (tertiary/aromatic N) is 2. The smallest absolute Gasteiger partial charge is 0.271 e. The number of aryl methyl sites for hydroxylation is 2. The highest BCUT2D eigenvalue weighted by molar-refractivity contribution is 7.07. The summed E-state index contributed by atoms with van der Waals surface area (Å²) < 4.78 is 46.0. The number of furan rings is 2. The molecule has 8 nitrogen and oxygen atoms in total. The molecule has 0 radical (unpaired) electrons. The van der Waals surface area contributed by atoms with Gasteiger partial charge >= 0.3 is 0 Å². The van der Waals surface area contributed by atoms with E-state index >= 15 is 0 Å². The first-order valence-corrected chi connectivity index (χ1v) is 14.1. The number of ether oxygens (including phenoxy) is 1. The van der Waals surface area contributed by atoms with Crippen LogP contribution in [0.15, 0.2) is 96.6 Å². The van der Waals surface area contributed by atoms with Crippen LogP contribution in [0.5, 0.6) is 5.75 Å². The fraction of sp³-hybridized carbons (Fsp3) is 0.156. The van der Waals surface area contributed by atoms with Gasteiger partial charge in [0.15, 0.2) is 16.4 Å². The van der Waals surface area contributed by atoms with Gasteiger partial charge in [0.2, 0.25) is 0 Å². The Morgan fingerprint density at radius 3 is 2.63 bits per heavy atom. The second-order valence-electron chi connectivity index (χ2n) is 9.97. The number of rotatable bonds is 7. The maximum Gasteiger partial charge on any atom is 0.271 e. The van der Waals surface area contributed by atoms with Crippen LogP contribution in [0.4, 0.5) is 14.5 Å². The third-order valence-electron chi connectivity index (χ3n) is 6.91. The molecular formula is C32H25F2N3O5S. The molecule has 0 saturated heterocycles. The van der Waals surface area contributed by atoms with E-state index < -0.39 is 23.6 Å². The molecule has 11 heteroatoms. The Bertz CT molecular complexity index is 2090. The molecule has 1 amide bonds. The van der Waals surface area contributed by atoms with Gasteiger partial charge in [0, 0.05) is 17.8 Å². The van der Waals surface area contributed by atoms with Gasteiger partial charge in [-0.2, -0.15) is 0 Å². The molecule has 218 valence electrons. The summed E-state index contributed by atoms with van der Waals surface area (Å²) in [7, 11) is 0. The summed E-state index contributed by atoms with van der Waals surface area (Å²) in [5, 5.41) is 2.96. The Labute approximate surface area is 247 Å². The number of carbonyl (C=O) groups excluding carboxylic acids is 1. The highest BCUT2D eigenvalue weighted by atomic mass is 32.1. The molecule has 0 fully saturated rings. The van der Waals surface area contributed by atoms with Crippen LogP contribution >= 0.6 is 11.3 Å². The van der Waals surface area contributed by atoms with Gasteiger partial charge in [-0.25, -0.2) is 13.8 Å². The average Bonchev–Trinajstić information content (AvgIpc) is 3.68. The van der Waals surface area contributed by atoms with Gasteiger partial charge in [-0.15, -0.1) is 0 Å². The zero-order valence-corrected chi connectivity index (χ0v) is 24.1. The van der Waals surface area contributed by atoms with Crippen LogP contribution in [0.25, 0.3) is 6.08 Å². The molecule has 5 aromatic rings. The van der Waals surface area contributed by atoms with Gasteiger partial charge in [-0.1, -0.05) is 29.5 Å². The molecule has 0 saturated carbocycles. The Kier molecular flexibility index (Phi) is 7.41. The minimum absolute atomic E-state index is 0.103. The van der Waals surface area contributed by atoms with Crippen molar-refractivity contribution in [2.45, 2.75) is 33.4 Å². The molecule has 1 atom stereocenters. The van der Waals surface area contributed by atoms with Crippen molar-refractivity contribution in [3.8, 4) is 5.75 Å². The van der Waals surface area contributed by atoms with Crippen LogP contribution in [0, 0.1) is 25.5 Å². The number of benzene rings is 2. The largest absolute Gasteiger partial charge is 0.483 e. The highest BCUT2D eigenvalue weighted by Gasteiger charge is 2.34. The minimum Gasteiger partial charge on any atom is -0.483 e. The monoisotopic (exact) mass is 601 g/mol. The van der Waals surface area contributed by atoms with Crippen molar-refractivity contribution >= 4 is 29.0 Å². The molecule has 2 aromatic carbocycles. The van der Waals surface area contributed by atoms with Crippen molar-refractivity contribution in [2.75, 3.05) is 5.32 Å². The fourth-order valence-corrected chi connectivity index (χ4v) is 5.83. The molecule has 3 aromatic heterocycles. The van der Waals surface area contributed by atoms with E-state index in [4.69, 9.17) is 13.6 Å². The molecular weight excluding hydrogens is 576 g/mol. The van der Waals surface area contributed by atoms with E-state index in [1.54, 1.807) is 44.2 Å². The van der Waals surface area contributed by atoms with Crippen molar-refractivity contribution < 1.29 is 27.1 Å². The molecule has 4 heterocycles. The van der Waals surface area contributed by atoms with E-state index in [0.717, 1.165) is 29.0 Å². The lowest BCUT2D eigenvalue weighted by atomic mass is 10.00. The van der Waals surface area contributed by atoms with Crippen LogP contribution < -0.4 is 24.9 Å². The summed E-state index contributed by atoms with van der Waals surface area (Å²) in [6.07, 6.45) is 1.57. The SMILES string of the molecule is CC1=C(C(=O)Nc2ccccc2C)C(c2ccc(C)o2)n2c(sc(=Cc3ccc(COc4ccc(F)cc4F)o3)c2=O)=N1. The first kappa shape index (κ1) is 28.1. The number of fused-ring (bicyclic) bond motifs is 1. The second kappa shape index (κ2) is 11.3. The molecule has 6 rings (SSSR count). The zero-order chi connectivity index (χ0) is 30.2. The number of allylic oxidation sites excluding steroid dienone is 1. The molecule has 0 spiro atoms. The van der Waals surface area contributed by atoms with E-state index in [1.165, 1.54) is 10.6 Å². The maximum atomic E-state index is 13.9. The average molecular weight is 602 g/mol. The Morgan fingerprint density at radius 1 is 1.07 bits per heavy atom. The number of nitrogens with one attached hydrogen (secondary N) is 1. The van der Waals surface area contributed by atoms with Crippen molar-refractivity contribution in [1.29, 1.82) is 0 Å². The van der Waals surface area contributed by atoms with Crippen molar-refractivity contribution in [3.05, 3.63) is 138 Å². The van der Waals surface area contributed by atoms with Gasteiger partial charge in [-0.05, 0) is 68.8 Å². The molecule has 1 aliphatic rings. The van der Waals surface area contributed by atoms with Gasteiger partial charge in [0.25, 0.3) is 11.5 Å². The lowest BCUT2D eigenvalue weighted by molar-refractivity contribution is -0.113. The third kappa shape index (κ3) is 5.59. The normalized spacial score (nSPS) is 14.9. The number of para-hydroxylation sites is 1. The van der Waals surface area contributed by atoms with Crippen molar-refractivity contribution in [2.24, 2.45) is 4.99 Å². The topological polar surface area (TPSA) is 99.0 Å². The Balaban J connectivity index is 1.34.